The quantitative estimate of drug-likeness (QED) is 0.587. The number of carbonyl (C=O) groups excluding carboxylic acids is 1. The first kappa shape index (κ1) is 19.5. The maximum Gasteiger partial charge on any atom is 0.331 e. The van der Waals surface area contributed by atoms with Crippen LogP contribution in [-0.4, -0.2) is 22.0 Å². The molecule has 0 radical (unpaired) electrons. The number of carboxylic acid groups (broad SMARTS) is 1. The van der Waals surface area contributed by atoms with Crippen LogP contribution in [0.5, 0.6) is 0 Å². The van der Waals surface area contributed by atoms with Gasteiger partial charge in [0.1, 0.15) is 0 Å². The van der Waals surface area contributed by atoms with Crippen molar-refractivity contribution >= 4 is 34.4 Å². The molecule has 0 aliphatic carbocycles. The fourth-order valence-electron chi connectivity index (χ4n) is 2.58. The van der Waals surface area contributed by atoms with Gasteiger partial charge in [0.25, 0.3) is 5.91 Å². The molecule has 3 aromatic rings. The monoisotopic (exact) mass is 392 g/mol. The van der Waals surface area contributed by atoms with Crippen LogP contribution in [0, 0.1) is 13.8 Å². The molecule has 28 heavy (non-hydrogen) atoms. The van der Waals surface area contributed by atoms with Crippen LogP contribution in [0.15, 0.2) is 53.4 Å². The Morgan fingerprint density at radius 1 is 1.07 bits per heavy atom. The molecule has 0 spiro atoms. The molecule has 0 fully saturated rings. The van der Waals surface area contributed by atoms with Gasteiger partial charge in [0.2, 0.25) is 0 Å². The Hall–Kier alpha value is -3.25. The molecule has 142 valence electrons. The van der Waals surface area contributed by atoms with Gasteiger partial charge in [0, 0.05) is 22.1 Å². The van der Waals surface area contributed by atoms with Crippen LogP contribution in [-0.2, 0) is 4.79 Å². The highest BCUT2D eigenvalue weighted by atomic mass is 32.1. The molecule has 2 N–H and O–H groups in total. The van der Waals surface area contributed by atoms with Crippen molar-refractivity contribution in [3.63, 3.8) is 0 Å². The first-order chi connectivity index (χ1) is 13.3. The van der Waals surface area contributed by atoms with Crippen LogP contribution in [0.4, 0.5) is 5.13 Å². The number of carboxylic acids is 1. The summed E-state index contributed by atoms with van der Waals surface area (Å²) in [7, 11) is 0. The number of amides is 1. The standard InChI is InChI=1S/C22H20N2O3S/c1-13-4-7-18(11-14(13)2)19-12-28-22(23-19)24-20(25)17-8-5-16(6-9-17)10-15(3)21(26)27/h4-12H,1-3H3,(H,26,27)(H,23,24,25)/b15-10+. The molecule has 1 aromatic heterocycles. The molecule has 5 nitrogen and oxygen atoms in total. The summed E-state index contributed by atoms with van der Waals surface area (Å²) in [4.78, 5) is 27.8. The van der Waals surface area contributed by atoms with Crippen LogP contribution in [0.3, 0.4) is 0 Å². The molecular formula is C22H20N2O3S. The van der Waals surface area contributed by atoms with Crippen molar-refractivity contribution in [1.82, 2.24) is 4.98 Å². The van der Waals surface area contributed by atoms with Crippen LogP contribution < -0.4 is 5.32 Å². The smallest absolute Gasteiger partial charge is 0.331 e. The largest absolute Gasteiger partial charge is 0.478 e. The zero-order valence-electron chi connectivity index (χ0n) is 15.8. The summed E-state index contributed by atoms with van der Waals surface area (Å²) in [5.74, 6) is -1.23. The molecule has 0 bridgehead atoms. The van der Waals surface area contributed by atoms with Gasteiger partial charge in [0.15, 0.2) is 5.13 Å². The third-order valence-corrected chi connectivity index (χ3v) is 5.18. The number of aryl methyl sites for hydroxylation is 2. The number of nitrogens with one attached hydrogen (secondary N) is 1. The van der Waals surface area contributed by atoms with E-state index in [2.05, 4.69) is 36.3 Å². The van der Waals surface area contributed by atoms with Gasteiger partial charge in [-0.25, -0.2) is 9.78 Å². The van der Waals surface area contributed by atoms with Crippen LogP contribution >= 0.6 is 11.3 Å². The molecule has 1 heterocycles. The first-order valence-corrected chi connectivity index (χ1v) is 9.57. The highest BCUT2D eigenvalue weighted by molar-refractivity contribution is 7.14. The lowest BCUT2D eigenvalue weighted by Gasteiger charge is -2.04. The van der Waals surface area contributed by atoms with E-state index in [1.807, 2.05) is 11.4 Å². The second kappa shape index (κ2) is 8.19. The van der Waals surface area contributed by atoms with E-state index < -0.39 is 5.97 Å². The number of benzene rings is 2. The summed E-state index contributed by atoms with van der Waals surface area (Å²) in [6.45, 7) is 5.65. The predicted octanol–water partition coefficient (Wildman–Crippen LogP) is 5.17. The van der Waals surface area contributed by atoms with E-state index >= 15 is 0 Å². The highest BCUT2D eigenvalue weighted by Gasteiger charge is 2.11. The minimum Gasteiger partial charge on any atom is -0.478 e. The molecule has 0 aliphatic rings. The Balaban J connectivity index is 1.71. The van der Waals surface area contributed by atoms with Crippen LogP contribution in [0.2, 0.25) is 0 Å². The van der Waals surface area contributed by atoms with E-state index in [9.17, 15) is 9.59 Å². The van der Waals surface area contributed by atoms with E-state index in [-0.39, 0.29) is 11.5 Å². The lowest BCUT2D eigenvalue weighted by atomic mass is 10.1. The lowest BCUT2D eigenvalue weighted by molar-refractivity contribution is -0.132. The van der Waals surface area contributed by atoms with Crippen molar-refractivity contribution in [2.75, 3.05) is 5.32 Å². The van der Waals surface area contributed by atoms with Gasteiger partial charge in [-0.05, 0) is 61.7 Å². The van der Waals surface area contributed by atoms with E-state index in [4.69, 9.17) is 5.11 Å². The zero-order chi connectivity index (χ0) is 20.3. The highest BCUT2D eigenvalue weighted by Crippen LogP contribution is 2.26. The van der Waals surface area contributed by atoms with E-state index in [0.29, 0.717) is 10.7 Å². The SMILES string of the molecule is C/C(=C\c1ccc(C(=O)Nc2nc(-c3ccc(C)c(C)c3)cs2)cc1)C(=O)O. The summed E-state index contributed by atoms with van der Waals surface area (Å²) in [5.41, 5.74) is 5.71. The maximum absolute atomic E-state index is 12.4. The van der Waals surface area contributed by atoms with Crippen molar-refractivity contribution in [1.29, 1.82) is 0 Å². The fraction of sp³-hybridized carbons (Fsp3) is 0.136. The average Bonchev–Trinajstić information content (AvgIpc) is 3.13. The van der Waals surface area contributed by atoms with Gasteiger partial charge in [0.05, 0.1) is 5.69 Å². The Bertz CT molecular complexity index is 1070. The van der Waals surface area contributed by atoms with Gasteiger partial charge >= 0.3 is 5.97 Å². The number of rotatable bonds is 5. The summed E-state index contributed by atoms with van der Waals surface area (Å²) in [5, 5.41) is 14.2. The number of hydrogen-bond acceptors (Lipinski definition) is 4. The minimum atomic E-state index is -0.967. The van der Waals surface area contributed by atoms with E-state index in [1.54, 1.807) is 30.3 Å². The second-order valence-electron chi connectivity index (χ2n) is 6.55. The molecule has 0 saturated carbocycles. The Morgan fingerprint density at radius 3 is 2.43 bits per heavy atom. The minimum absolute atomic E-state index is 0.235. The predicted molar refractivity (Wildman–Crippen MR) is 113 cm³/mol. The van der Waals surface area contributed by atoms with Crippen molar-refractivity contribution in [2.45, 2.75) is 20.8 Å². The number of aliphatic carboxylic acids is 1. The molecule has 0 saturated heterocycles. The molecule has 0 unspecified atom stereocenters. The molecule has 6 heteroatoms. The summed E-state index contributed by atoms with van der Waals surface area (Å²) < 4.78 is 0. The Labute approximate surface area is 167 Å². The topological polar surface area (TPSA) is 79.3 Å². The van der Waals surface area contributed by atoms with E-state index in [1.165, 1.54) is 29.4 Å². The fourth-order valence-corrected chi connectivity index (χ4v) is 3.29. The number of carbonyl (C=O) groups is 2. The number of thiazole rings is 1. The van der Waals surface area contributed by atoms with Crippen molar-refractivity contribution in [3.05, 3.63) is 75.7 Å². The Kier molecular flexibility index (Phi) is 5.70. The lowest BCUT2D eigenvalue weighted by Crippen LogP contribution is -2.11. The number of hydrogen-bond donors (Lipinski definition) is 2. The van der Waals surface area contributed by atoms with E-state index in [0.717, 1.165) is 16.8 Å². The molecule has 0 atom stereocenters. The third kappa shape index (κ3) is 4.53. The van der Waals surface area contributed by atoms with Gasteiger partial charge in [-0.1, -0.05) is 24.3 Å². The number of nitrogens with zero attached hydrogens (tertiary/aromatic N) is 1. The van der Waals surface area contributed by atoms with Crippen LogP contribution in [0.1, 0.15) is 34.0 Å². The van der Waals surface area contributed by atoms with Crippen LogP contribution in [0.25, 0.3) is 17.3 Å². The summed E-state index contributed by atoms with van der Waals surface area (Å²) >= 11 is 1.37. The van der Waals surface area contributed by atoms with Gasteiger partial charge in [-0.15, -0.1) is 11.3 Å². The average molecular weight is 392 g/mol. The van der Waals surface area contributed by atoms with Gasteiger partial charge in [-0.3, -0.25) is 10.1 Å². The molecular weight excluding hydrogens is 372 g/mol. The maximum atomic E-state index is 12.4. The number of anilines is 1. The second-order valence-corrected chi connectivity index (χ2v) is 7.40. The molecule has 1 amide bonds. The van der Waals surface area contributed by atoms with Gasteiger partial charge < -0.3 is 5.11 Å². The zero-order valence-corrected chi connectivity index (χ0v) is 16.6. The van der Waals surface area contributed by atoms with Crippen molar-refractivity contribution in [3.8, 4) is 11.3 Å². The third-order valence-electron chi connectivity index (χ3n) is 4.42. The molecule has 2 aromatic carbocycles. The normalized spacial score (nSPS) is 11.3. The summed E-state index contributed by atoms with van der Waals surface area (Å²) in [6.07, 6.45) is 1.56. The molecule has 3 rings (SSSR count). The van der Waals surface area contributed by atoms with Gasteiger partial charge in [-0.2, -0.15) is 0 Å². The molecule has 0 aliphatic heterocycles. The van der Waals surface area contributed by atoms with Crippen molar-refractivity contribution < 1.29 is 14.7 Å². The number of aromatic nitrogens is 1. The Morgan fingerprint density at radius 2 is 1.79 bits per heavy atom. The van der Waals surface area contributed by atoms with Crippen molar-refractivity contribution in [2.24, 2.45) is 0 Å². The first-order valence-electron chi connectivity index (χ1n) is 8.69. The summed E-state index contributed by atoms with van der Waals surface area (Å²) in [6, 6.07) is 12.9.